The van der Waals surface area contributed by atoms with E-state index in [-0.39, 0.29) is 31.3 Å². The van der Waals surface area contributed by atoms with Gasteiger partial charge in [-0.25, -0.2) is 4.57 Å². The molecule has 0 radical (unpaired) electrons. The number of unbranched alkanes of at least 4 members (excludes halogenated alkanes) is 14. The van der Waals surface area contributed by atoms with Gasteiger partial charge in [-0.3, -0.25) is 14.1 Å². The molecule has 1 aliphatic rings. The van der Waals surface area contributed by atoms with E-state index >= 15 is 0 Å². The van der Waals surface area contributed by atoms with Gasteiger partial charge >= 0.3 is 19.8 Å². The van der Waals surface area contributed by atoms with Crippen molar-refractivity contribution in [2.45, 2.75) is 199 Å². The van der Waals surface area contributed by atoms with E-state index in [0.29, 0.717) is 25.7 Å². The topological polar surface area (TPSA) is 180 Å². The Balaban J connectivity index is 2.28. The summed E-state index contributed by atoms with van der Waals surface area (Å²) in [4.78, 5) is 43.0. The zero-order valence-electron chi connectivity index (χ0n) is 32.7. The molecule has 1 unspecified atom stereocenters. The molecule has 0 aromatic rings. The van der Waals surface area contributed by atoms with E-state index < -0.39 is 50.8 Å². The van der Waals surface area contributed by atoms with E-state index in [1.165, 1.54) is 51.4 Å². The number of phosphoric ester groups is 1. The third kappa shape index (κ3) is 25.6. The zero-order chi connectivity index (χ0) is 38.6. The van der Waals surface area contributed by atoms with Gasteiger partial charge < -0.3 is 34.6 Å². The summed E-state index contributed by atoms with van der Waals surface area (Å²) in [5.74, 6) is -0.478. The lowest BCUT2D eigenvalue weighted by Gasteiger charge is -2.21. The summed E-state index contributed by atoms with van der Waals surface area (Å²) in [6.45, 7) is 5.75. The monoisotopic (exact) mass is 763 g/mol. The minimum Gasteiger partial charge on any atom is -0.462 e. The van der Waals surface area contributed by atoms with Crippen LogP contribution in [0.1, 0.15) is 175 Å². The van der Waals surface area contributed by atoms with Crippen LogP contribution in [-0.4, -0.2) is 74.7 Å². The molecule has 306 valence electrons. The van der Waals surface area contributed by atoms with Gasteiger partial charge in [0.15, 0.2) is 6.10 Å². The van der Waals surface area contributed by atoms with Crippen LogP contribution >= 0.6 is 7.82 Å². The molecule has 11 nitrogen and oxygen atoms in total. The van der Waals surface area contributed by atoms with Crippen LogP contribution < -0.4 is 0 Å². The average molecular weight is 763 g/mol. The molecule has 0 amide bonds. The molecule has 0 aliphatic heterocycles. The van der Waals surface area contributed by atoms with Crippen molar-refractivity contribution in [3.8, 4) is 0 Å². The number of carbonyl (C=O) groups excluding carboxylic acids is 2. The molecule has 1 rings (SSSR count). The molecule has 5 N–H and O–H groups in total. The number of rotatable bonds is 33. The Morgan fingerprint density at radius 2 is 1.31 bits per heavy atom. The first-order chi connectivity index (χ1) is 24.9. The van der Waals surface area contributed by atoms with Crippen LogP contribution in [0.5, 0.6) is 0 Å². The Hall–Kier alpha value is -1.33. The van der Waals surface area contributed by atoms with Crippen LogP contribution in [0.3, 0.4) is 0 Å². The lowest BCUT2D eigenvalue weighted by atomic mass is 9.88. The average Bonchev–Trinajstić information content (AvgIpc) is 3.37. The quantitative estimate of drug-likeness (QED) is 0.0187. The van der Waals surface area contributed by atoms with Crippen LogP contribution in [0.2, 0.25) is 0 Å². The lowest BCUT2D eigenvalue weighted by Crippen LogP contribution is -2.29. The van der Waals surface area contributed by atoms with Crippen LogP contribution in [-0.2, 0) is 28.2 Å². The molecule has 0 bridgehead atoms. The highest BCUT2D eigenvalue weighted by molar-refractivity contribution is 7.46. The van der Waals surface area contributed by atoms with E-state index in [1.807, 2.05) is 6.08 Å². The fourth-order valence-electron chi connectivity index (χ4n) is 6.92. The molecule has 1 saturated carbocycles. The molecule has 0 heterocycles. The van der Waals surface area contributed by atoms with Gasteiger partial charge in [0.25, 0.3) is 0 Å². The van der Waals surface area contributed by atoms with Crippen molar-refractivity contribution < 1.29 is 53.3 Å². The van der Waals surface area contributed by atoms with Gasteiger partial charge in [-0.1, -0.05) is 142 Å². The second kappa shape index (κ2) is 30.0. The first-order valence-corrected chi connectivity index (χ1v) is 22.2. The van der Waals surface area contributed by atoms with Crippen LogP contribution in [0.25, 0.3) is 0 Å². The first kappa shape index (κ1) is 48.7. The third-order valence-electron chi connectivity index (χ3n) is 10.4. The van der Waals surface area contributed by atoms with E-state index in [4.69, 9.17) is 19.3 Å². The largest absolute Gasteiger partial charge is 0.469 e. The molecule has 0 saturated heterocycles. The number of carbonyl (C=O) groups is 2. The summed E-state index contributed by atoms with van der Waals surface area (Å²) in [5.41, 5.74) is 0. The Labute approximate surface area is 314 Å². The van der Waals surface area contributed by atoms with Crippen LogP contribution in [0, 0.1) is 17.8 Å². The van der Waals surface area contributed by atoms with Gasteiger partial charge in [0.2, 0.25) is 0 Å². The maximum absolute atomic E-state index is 12.5. The second-order valence-corrected chi connectivity index (χ2v) is 16.4. The van der Waals surface area contributed by atoms with Gasteiger partial charge in [0.05, 0.1) is 24.9 Å². The van der Waals surface area contributed by atoms with E-state index in [9.17, 15) is 29.5 Å². The molecule has 7 atom stereocenters. The van der Waals surface area contributed by atoms with Crippen molar-refractivity contribution in [2.24, 2.45) is 17.8 Å². The van der Waals surface area contributed by atoms with Gasteiger partial charge in [0, 0.05) is 25.2 Å². The molecule has 1 fully saturated rings. The molecule has 0 aromatic heterocycles. The first-order valence-electron chi connectivity index (χ1n) is 20.6. The fourth-order valence-corrected chi connectivity index (χ4v) is 7.28. The molecule has 52 heavy (non-hydrogen) atoms. The van der Waals surface area contributed by atoms with Crippen LogP contribution in [0.4, 0.5) is 0 Å². The van der Waals surface area contributed by atoms with Crippen molar-refractivity contribution in [3.05, 3.63) is 12.2 Å². The number of phosphoric acid groups is 1. The standard InChI is InChI=1S/C40H75O11P/c1-4-6-17-23-33(41)27-28-36-35(37(42)29-38(36)43)24-19-15-16-21-26-40(45)51-34(31-50-52(46,47)48)30-49-39(44)25-20-14-12-10-8-7-9-11-13-18-22-32(3)5-2/h27-28,32-38,41-43H,4-26,29-31H2,1-3H3,(H2,46,47,48)/b28-27+/t32?,33-,34+,35+,36+,37-,38+/m0/s1. The predicted octanol–water partition coefficient (Wildman–Crippen LogP) is 8.47. The van der Waals surface area contributed by atoms with Gasteiger partial charge in [-0.05, 0) is 37.5 Å². The Kier molecular flexibility index (Phi) is 28.0. The summed E-state index contributed by atoms with van der Waals surface area (Å²) in [6.07, 6.45) is 22.8. The van der Waals surface area contributed by atoms with Crippen molar-refractivity contribution in [2.75, 3.05) is 13.2 Å². The molecule has 0 spiro atoms. The number of hydrogen-bond acceptors (Lipinski definition) is 9. The fraction of sp³-hybridized carbons (Fsp3) is 0.900. The lowest BCUT2D eigenvalue weighted by molar-refractivity contribution is -0.161. The number of ether oxygens (including phenoxy) is 2. The summed E-state index contributed by atoms with van der Waals surface area (Å²) in [5, 5.41) is 31.2. The third-order valence-corrected chi connectivity index (χ3v) is 10.9. The SMILES string of the molecule is CCCCC[C@H](O)/C=C/[C@@H]1[C@@H](CCCCCCC(=O)O[C@H](COC(=O)CCCCCCCCCCCCC(C)CC)COP(=O)(O)O)[C@@H](O)C[C@H]1O. The Bertz CT molecular complexity index is 987. The van der Waals surface area contributed by atoms with E-state index in [0.717, 1.165) is 70.1 Å². The van der Waals surface area contributed by atoms with Gasteiger partial charge in [-0.2, -0.15) is 0 Å². The van der Waals surface area contributed by atoms with E-state index in [1.54, 1.807) is 6.08 Å². The minimum absolute atomic E-state index is 0.0879. The normalized spacial score (nSPS) is 21.0. The number of esters is 2. The van der Waals surface area contributed by atoms with Crippen molar-refractivity contribution in [1.29, 1.82) is 0 Å². The molecule has 1 aliphatic carbocycles. The highest BCUT2D eigenvalue weighted by Crippen LogP contribution is 2.38. The highest BCUT2D eigenvalue weighted by Gasteiger charge is 2.39. The summed E-state index contributed by atoms with van der Waals surface area (Å²) in [7, 11) is -4.81. The molecular weight excluding hydrogens is 687 g/mol. The maximum Gasteiger partial charge on any atom is 0.469 e. The minimum atomic E-state index is -4.81. The van der Waals surface area contributed by atoms with E-state index in [2.05, 4.69) is 25.3 Å². The smallest absolute Gasteiger partial charge is 0.462 e. The summed E-state index contributed by atoms with van der Waals surface area (Å²) >= 11 is 0. The predicted molar refractivity (Wildman–Crippen MR) is 204 cm³/mol. The summed E-state index contributed by atoms with van der Waals surface area (Å²) < 4.78 is 26.4. The van der Waals surface area contributed by atoms with Crippen molar-refractivity contribution >= 4 is 19.8 Å². The summed E-state index contributed by atoms with van der Waals surface area (Å²) in [6, 6.07) is 0. The number of aliphatic hydroxyl groups is 3. The Morgan fingerprint density at radius 3 is 1.90 bits per heavy atom. The number of aliphatic hydroxyl groups excluding tert-OH is 3. The van der Waals surface area contributed by atoms with Gasteiger partial charge in [-0.15, -0.1) is 0 Å². The highest BCUT2D eigenvalue weighted by atomic mass is 31.2. The van der Waals surface area contributed by atoms with Crippen LogP contribution in [0.15, 0.2) is 12.2 Å². The zero-order valence-corrected chi connectivity index (χ0v) is 33.6. The number of hydrogen-bond donors (Lipinski definition) is 5. The molecule has 12 heteroatoms. The molecule has 0 aromatic carbocycles. The maximum atomic E-state index is 12.5. The van der Waals surface area contributed by atoms with Crippen molar-refractivity contribution in [1.82, 2.24) is 0 Å². The Morgan fingerprint density at radius 1 is 0.750 bits per heavy atom. The van der Waals surface area contributed by atoms with Gasteiger partial charge in [0.1, 0.15) is 6.61 Å². The second-order valence-electron chi connectivity index (χ2n) is 15.2. The van der Waals surface area contributed by atoms with Crippen molar-refractivity contribution in [3.63, 3.8) is 0 Å². The molecular formula is C40H75O11P.